The highest BCUT2D eigenvalue weighted by Crippen LogP contribution is 2.45. The summed E-state index contributed by atoms with van der Waals surface area (Å²) in [7, 11) is 0. The number of benzene rings is 2. The molecule has 0 aromatic heterocycles. The molecule has 0 aliphatic rings. The Morgan fingerprint density at radius 3 is 2.42 bits per heavy atom. The van der Waals surface area contributed by atoms with Gasteiger partial charge in [-0.1, -0.05) is 107 Å². The van der Waals surface area contributed by atoms with E-state index < -0.39 is 0 Å². The molecule has 0 heterocycles. The van der Waals surface area contributed by atoms with Crippen molar-refractivity contribution in [2.75, 3.05) is 0 Å². The standard InChI is InChI=1S/C17H20Br2/c1-2-3-4-7-13-17(18,19)16-12-8-10-14-9-5-6-11-15(14)16/h5-6,8-12H,2-4,7,13H2,1H3. The molecule has 2 aromatic rings. The predicted molar refractivity (Wildman–Crippen MR) is 92.2 cm³/mol. The molecule has 2 heteroatoms. The van der Waals surface area contributed by atoms with Gasteiger partial charge >= 0.3 is 0 Å². The van der Waals surface area contributed by atoms with Crippen LogP contribution in [-0.2, 0) is 3.23 Å². The second-order valence-electron chi connectivity index (χ2n) is 5.04. The zero-order chi connectivity index (χ0) is 13.7. The minimum Gasteiger partial charge on any atom is -0.0674 e. The molecule has 0 aliphatic heterocycles. The van der Waals surface area contributed by atoms with Gasteiger partial charge in [-0.3, -0.25) is 0 Å². The van der Waals surface area contributed by atoms with Crippen molar-refractivity contribution in [1.82, 2.24) is 0 Å². The molecule has 102 valence electrons. The highest BCUT2D eigenvalue weighted by Gasteiger charge is 2.26. The third-order valence-electron chi connectivity index (χ3n) is 3.53. The van der Waals surface area contributed by atoms with Crippen LogP contribution in [0.15, 0.2) is 42.5 Å². The number of fused-ring (bicyclic) bond motifs is 1. The quantitative estimate of drug-likeness (QED) is 0.382. The van der Waals surface area contributed by atoms with Crippen molar-refractivity contribution in [2.45, 2.75) is 42.3 Å². The summed E-state index contributed by atoms with van der Waals surface area (Å²) in [6.45, 7) is 2.25. The van der Waals surface area contributed by atoms with Crippen LogP contribution in [0.25, 0.3) is 10.8 Å². The molecule has 0 saturated heterocycles. The van der Waals surface area contributed by atoms with E-state index in [0.29, 0.717) is 0 Å². The van der Waals surface area contributed by atoms with Gasteiger partial charge in [-0.05, 0) is 22.8 Å². The maximum Gasteiger partial charge on any atom is 0.106 e. The summed E-state index contributed by atoms with van der Waals surface area (Å²) in [4.78, 5) is 0. The van der Waals surface area contributed by atoms with Gasteiger partial charge in [0, 0.05) is 0 Å². The van der Waals surface area contributed by atoms with Crippen LogP contribution in [0.4, 0.5) is 0 Å². The van der Waals surface area contributed by atoms with Crippen molar-refractivity contribution in [2.24, 2.45) is 0 Å². The van der Waals surface area contributed by atoms with Gasteiger partial charge < -0.3 is 0 Å². The zero-order valence-electron chi connectivity index (χ0n) is 11.3. The molecule has 0 amide bonds. The normalized spacial score (nSPS) is 11.9. The van der Waals surface area contributed by atoms with Gasteiger partial charge in [-0.25, -0.2) is 0 Å². The van der Waals surface area contributed by atoms with E-state index in [1.165, 1.54) is 42.0 Å². The summed E-state index contributed by atoms with van der Waals surface area (Å²) in [5.74, 6) is 0. The van der Waals surface area contributed by atoms with Crippen LogP contribution >= 0.6 is 31.9 Å². The maximum atomic E-state index is 3.88. The predicted octanol–water partition coefficient (Wildman–Crippen LogP) is 6.75. The van der Waals surface area contributed by atoms with Crippen molar-refractivity contribution < 1.29 is 0 Å². The highest BCUT2D eigenvalue weighted by molar-refractivity contribution is 9.24. The van der Waals surface area contributed by atoms with Gasteiger partial charge in [0.2, 0.25) is 0 Å². The molecule has 0 atom stereocenters. The van der Waals surface area contributed by atoms with Gasteiger partial charge in [0.15, 0.2) is 0 Å². The Kier molecular flexibility index (Phi) is 5.47. The van der Waals surface area contributed by atoms with E-state index in [1.54, 1.807) is 0 Å². The zero-order valence-corrected chi connectivity index (χ0v) is 14.5. The first-order chi connectivity index (χ1) is 9.15. The number of hydrogen-bond acceptors (Lipinski definition) is 0. The smallest absolute Gasteiger partial charge is 0.0674 e. The average molecular weight is 384 g/mol. The summed E-state index contributed by atoms with van der Waals surface area (Å²) in [5.41, 5.74) is 1.34. The summed E-state index contributed by atoms with van der Waals surface area (Å²) < 4.78 is -0.103. The fourth-order valence-corrected chi connectivity index (χ4v) is 3.71. The summed E-state index contributed by atoms with van der Waals surface area (Å²) in [6, 6.07) is 15.1. The van der Waals surface area contributed by atoms with E-state index in [9.17, 15) is 0 Å². The third kappa shape index (κ3) is 3.82. The van der Waals surface area contributed by atoms with E-state index in [2.05, 4.69) is 81.2 Å². The Morgan fingerprint density at radius 2 is 1.63 bits per heavy atom. The molecule has 0 nitrogen and oxygen atoms in total. The van der Waals surface area contributed by atoms with Crippen molar-refractivity contribution in [1.29, 1.82) is 0 Å². The van der Waals surface area contributed by atoms with Gasteiger partial charge in [0.05, 0.1) is 0 Å². The Hall–Kier alpha value is -0.340. The lowest BCUT2D eigenvalue weighted by Gasteiger charge is -2.23. The Morgan fingerprint density at radius 1 is 0.895 bits per heavy atom. The van der Waals surface area contributed by atoms with Crippen LogP contribution in [0.5, 0.6) is 0 Å². The SMILES string of the molecule is CCCCCCC(Br)(Br)c1cccc2ccccc12. The van der Waals surface area contributed by atoms with Crippen molar-refractivity contribution >= 4 is 42.6 Å². The number of halogens is 2. The molecule has 0 fully saturated rings. The molecule has 2 aromatic carbocycles. The van der Waals surface area contributed by atoms with Gasteiger partial charge in [-0.15, -0.1) is 0 Å². The first kappa shape index (κ1) is 15.1. The second kappa shape index (κ2) is 6.90. The molecule has 2 rings (SSSR count). The minimum atomic E-state index is -0.103. The van der Waals surface area contributed by atoms with E-state index in [0.717, 1.165) is 6.42 Å². The molecule has 0 spiro atoms. The highest BCUT2D eigenvalue weighted by atomic mass is 79.9. The third-order valence-corrected chi connectivity index (χ3v) is 5.18. The Labute approximate surface area is 132 Å². The summed E-state index contributed by atoms with van der Waals surface area (Å²) in [6.07, 6.45) is 6.27. The van der Waals surface area contributed by atoms with Gasteiger partial charge in [-0.2, -0.15) is 0 Å². The van der Waals surface area contributed by atoms with Crippen LogP contribution in [0.3, 0.4) is 0 Å². The van der Waals surface area contributed by atoms with Crippen LogP contribution in [0.2, 0.25) is 0 Å². The lowest BCUT2D eigenvalue weighted by molar-refractivity contribution is 0.620. The molecule has 0 N–H and O–H groups in total. The van der Waals surface area contributed by atoms with Gasteiger partial charge in [0.25, 0.3) is 0 Å². The van der Waals surface area contributed by atoms with E-state index in [4.69, 9.17) is 0 Å². The Bertz CT molecular complexity index is 526. The summed E-state index contributed by atoms with van der Waals surface area (Å²) >= 11 is 7.76. The minimum absolute atomic E-state index is 0.103. The fraction of sp³-hybridized carbons (Fsp3) is 0.412. The molecule has 0 saturated carbocycles. The van der Waals surface area contributed by atoms with Crippen molar-refractivity contribution in [3.8, 4) is 0 Å². The lowest BCUT2D eigenvalue weighted by Crippen LogP contribution is -2.09. The molecule has 0 bridgehead atoms. The second-order valence-corrected chi connectivity index (χ2v) is 8.81. The number of hydrogen-bond donors (Lipinski definition) is 0. The van der Waals surface area contributed by atoms with Crippen LogP contribution in [0.1, 0.15) is 44.6 Å². The van der Waals surface area contributed by atoms with Gasteiger partial charge in [0.1, 0.15) is 3.23 Å². The number of unbranched alkanes of at least 4 members (excludes halogenated alkanes) is 3. The Balaban J connectivity index is 2.22. The largest absolute Gasteiger partial charge is 0.106 e. The van der Waals surface area contributed by atoms with Crippen molar-refractivity contribution in [3.05, 3.63) is 48.0 Å². The fourth-order valence-electron chi connectivity index (χ4n) is 2.45. The van der Waals surface area contributed by atoms with Crippen LogP contribution in [0, 0.1) is 0 Å². The first-order valence-corrected chi connectivity index (χ1v) is 8.60. The topological polar surface area (TPSA) is 0 Å². The molecule has 0 unspecified atom stereocenters. The first-order valence-electron chi connectivity index (χ1n) is 7.01. The molecule has 0 aliphatic carbocycles. The monoisotopic (exact) mass is 382 g/mol. The van der Waals surface area contributed by atoms with E-state index in [1.807, 2.05) is 0 Å². The molecule has 0 radical (unpaired) electrons. The molecule has 19 heavy (non-hydrogen) atoms. The molecular weight excluding hydrogens is 364 g/mol. The van der Waals surface area contributed by atoms with Crippen molar-refractivity contribution in [3.63, 3.8) is 0 Å². The van der Waals surface area contributed by atoms with Crippen LogP contribution in [-0.4, -0.2) is 0 Å². The maximum absolute atomic E-state index is 3.88. The van der Waals surface area contributed by atoms with Crippen LogP contribution < -0.4 is 0 Å². The average Bonchev–Trinajstić information content (AvgIpc) is 2.43. The lowest BCUT2D eigenvalue weighted by atomic mass is 9.99. The number of alkyl halides is 2. The molecular formula is C17H20Br2. The summed E-state index contributed by atoms with van der Waals surface area (Å²) in [5, 5.41) is 2.63. The van der Waals surface area contributed by atoms with E-state index in [-0.39, 0.29) is 3.23 Å². The van der Waals surface area contributed by atoms with E-state index >= 15 is 0 Å². The number of rotatable bonds is 6.